The summed E-state index contributed by atoms with van der Waals surface area (Å²) in [5.41, 5.74) is -0.863. The van der Waals surface area contributed by atoms with E-state index < -0.39 is 40.1 Å². The van der Waals surface area contributed by atoms with Gasteiger partial charge in [0.05, 0.1) is 28.8 Å². The van der Waals surface area contributed by atoms with Gasteiger partial charge in [-0.2, -0.15) is 0 Å². The number of carbonyl (C=O) groups is 2. The number of hydrogen-bond donors (Lipinski definition) is 0. The first-order valence-corrected chi connectivity index (χ1v) is 10.5. The van der Waals surface area contributed by atoms with Crippen molar-refractivity contribution in [2.24, 2.45) is 0 Å². The van der Waals surface area contributed by atoms with Gasteiger partial charge in [0.1, 0.15) is 6.61 Å². The summed E-state index contributed by atoms with van der Waals surface area (Å²) >= 11 is 0. The molecule has 1 heterocycles. The molecule has 8 nitrogen and oxygen atoms in total. The lowest BCUT2D eigenvalue weighted by atomic mass is 9.75. The molecule has 0 bridgehead atoms. The van der Waals surface area contributed by atoms with Crippen molar-refractivity contribution in [3.8, 4) is 0 Å². The normalized spacial score (nSPS) is 18.0. The van der Waals surface area contributed by atoms with Crippen molar-refractivity contribution in [3.05, 3.63) is 23.3 Å². The van der Waals surface area contributed by atoms with Gasteiger partial charge in [-0.3, -0.25) is 4.79 Å². The highest BCUT2D eigenvalue weighted by atomic mass is 32.2. The highest BCUT2D eigenvalue weighted by molar-refractivity contribution is 7.90. The van der Waals surface area contributed by atoms with Gasteiger partial charge >= 0.3 is 19.1 Å². The fourth-order valence-electron chi connectivity index (χ4n) is 2.74. The lowest BCUT2D eigenvalue weighted by Gasteiger charge is -2.32. The summed E-state index contributed by atoms with van der Waals surface area (Å²) in [7, 11) is -3.52. The van der Waals surface area contributed by atoms with E-state index in [4.69, 9.17) is 18.8 Å². The summed E-state index contributed by atoms with van der Waals surface area (Å²) in [6, 6.07) is 2.65. The summed E-state index contributed by atoms with van der Waals surface area (Å²) in [5.74, 6) is -1.28. The second-order valence-corrected chi connectivity index (χ2v) is 9.66. The zero-order chi connectivity index (χ0) is 21.5. The van der Waals surface area contributed by atoms with Crippen molar-refractivity contribution >= 4 is 34.4 Å². The molecule has 0 aromatic heterocycles. The number of benzene rings is 1. The largest absolute Gasteiger partial charge is 0.495 e. The smallest absolute Gasteiger partial charge is 0.465 e. The quantitative estimate of drug-likeness (QED) is 0.526. The van der Waals surface area contributed by atoms with Crippen molar-refractivity contribution in [1.82, 2.24) is 0 Å². The van der Waals surface area contributed by atoms with Crippen LogP contribution in [0.3, 0.4) is 0 Å². The number of rotatable bonds is 5. The minimum absolute atomic E-state index is 0.0270. The molecule has 2 rings (SSSR count). The Balaban J connectivity index is 2.73. The molecule has 1 fully saturated rings. The molecular formula is C18H25BO8S. The van der Waals surface area contributed by atoms with Crippen LogP contribution in [-0.4, -0.2) is 52.0 Å². The fraction of sp³-hybridized carbons (Fsp3) is 0.556. The van der Waals surface area contributed by atoms with E-state index in [1.165, 1.54) is 26.2 Å². The van der Waals surface area contributed by atoms with Crippen molar-refractivity contribution in [2.75, 3.05) is 13.4 Å². The molecule has 0 radical (unpaired) electrons. The van der Waals surface area contributed by atoms with E-state index in [2.05, 4.69) is 0 Å². The second-order valence-electron chi connectivity index (χ2n) is 7.67. The molecule has 0 aliphatic carbocycles. The standard InChI is InChI=1S/C18H25BO8S/c1-11(20)25-10-13-14(19-26-17(2,3)18(4,5)27-19)8-12(16(21)24-6)9-15(13)28(7,22)23/h8-9H,10H2,1-7H3. The van der Waals surface area contributed by atoms with Crippen LogP contribution in [0.1, 0.15) is 50.5 Å². The van der Waals surface area contributed by atoms with Gasteiger partial charge in [0.25, 0.3) is 0 Å². The summed E-state index contributed by atoms with van der Waals surface area (Å²) in [6.07, 6.45) is 1.01. The number of ether oxygens (including phenoxy) is 2. The molecule has 1 aliphatic heterocycles. The molecule has 0 amide bonds. The lowest BCUT2D eigenvalue weighted by molar-refractivity contribution is -0.142. The number of esters is 2. The minimum Gasteiger partial charge on any atom is -0.465 e. The summed E-state index contributed by atoms with van der Waals surface area (Å²) < 4.78 is 46.7. The van der Waals surface area contributed by atoms with Crippen LogP contribution in [0.4, 0.5) is 0 Å². The van der Waals surface area contributed by atoms with E-state index in [1.807, 2.05) is 27.7 Å². The fourth-order valence-corrected chi connectivity index (χ4v) is 3.71. The molecular weight excluding hydrogens is 387 g/mol. The lowest BCUT2D eigenvalue weighted by Crippen LogP contribution is -2.41. The van der Waals surface area contributed by atoms with Crippen LogP contribution in [0.5, 0.6) is 0 Å². The van der Waals surface area contributed by atoms with Crippen molar-refractivity contribution in [2.45, 2.75) is 57.3 Å². The van der Waals surface area contributed by atoms with E-state index in [9.17, 15) is 18.0 Å². The van der Waals surface area contributed by atoms with E-state index in [0.29, 0.717) is 5.46 Å². The number of hydrogen-bond acceptors (Lipinski definition) is 8. The molecule has 0 spiro atoms. The van der Waals surface area contributed by atoms with E-state index >= 15 is 0 Å². The maximum atomic E-state index is 12.4. The summed E-state index contributed by atoms with van der Waals surface area (Å²) in [4.78, 5) is 23.3. The Morgan fingerprint density at radius 1 is 1.11 bits per heavy atom. The maximum Gasteiger partial charge on any atom is 0.495 e. The molecule has 154 valence electrons. The first-order chi connectivity index (χ1) is 12.7. The van der Waals surface area contributed by atoms with Gasteiger partial charge in [-0.1, -0.05) is 0 Å². The van der Waals surface area contributed by atoms with Crippen LogP contribution in [0.15, 0.2) is 17.0 Å². The van der Waals surface area contributed by atoms with Gasteiger partial charge in [0, 0.05) is 18.7 Å². The zero-order valence-corrected chi connectivity index (χ0v) is 17.9. The number of carbonyl (C=O) groups excluding carboxylic acids is 2. The average molecular weight is 412 g/mol. The van der Waals surface area contributed by atoms with Crippen molar-refractivity contribution in [1.29, 1.82) is 0 Å². The van der Waals surface area contributed by atoms with Crippen molar-refractivity contribution < 1.29 is 36.8 Å². The van der Waals surface area contributed by atoms with E-state index in [-0.39, 0.29) is 22.6 Å². The first-order valence-electron chi connectivity index (χ1n) is 8.64. The van der Waals surface area contributed by atoms with Gasteiger partial charge in [0.2, 0.25) is 0 Å². The molecule has 1 saturated heterocycles. The second kappa shape index (κ2) is 7.49. The topological polar surface area (TPSA) is 105 Å². The molecule has 10 heteroatoms. The third-order valence-electron chi connectivity index (χ3n) is 4.99. The Kier molecular flexibility index (Phi) is 5.99. The maximum absolute atomic E-state index is 12.4. The molecule has 28 heavy (non-hydrogen) atoms. The molecule has 0 unspecified atom stereocenters. The van der Waals surface area contributed by atoms with Crippen molar-refractivity contribution in [3.63, 3.8) is 0 Å². The Morgan fingerprint density at radius 2 is 1.64 bits per heavy atom. The van der Waals surface area contributed by atoms with Crippen LogP contribution in [0.25, 0.3) is 0 Å². The van der Waals surface area contributed by atoms with Gasteiger partial charge in [-0.25, -0.2) is 13.2 Å². The molecule has 1 aliphatic rings. The average Bonchev–Trinajstić information content (AvgIpc) is 2.78. The number of sulfone groups is 1. The van der Waals surface area contributed by atoms with Crippen LogP contribution in [0.2, 0.25) is 0 Å². The third-order valence-corrected chi connectivity index (χ3v) is 6.15. The monoisotopic (exact) mass is 412 g/mol. The Hall–Kier alpha value is -1.91. The van der Waals surface area contributed by atoms with Crippen LogP contribution in [0, 0.1) is 0 Å². The van der Waals surface area contributed by atoms with Gasteiger partial charge < -0.3 is 18.8 Å². The SMILES string of the molecule is COC(=O)c1cc(B2OC(C)(C)C(C)(C)O2)c(COC(C)=O)c(S(C)(=O)=O)c1. The number of methoxy groups -OCH3 is 1. The Bertz CT molecular complexity index is 888. The summed E-state index contributed by atoms with van der Waals surface area (Å²) in [6.45, 7) is 8.30. The Labute approximate surface area is 165 Å². The van der Waals surface area contributed by atoms with Crippen LogP contribution >= 0.6 is 0 Å². The highest BCUT2D eigenvalue weighted by Crippen LogP contribution is 2.37. The Morgan fingerprint density at radius 3 is 2.07 bits per heavy atom. The molecule has 0 atom stereocenters. The predicted octanol–water partition coefficient (Wildman–Crippen LogP) is 1.24. The first kappa shape index (κ1) is 22.4. The molecule has 1 aromatic carbocycles. The van der Waals surface area contributed by atoms with E-state index in [1.54, 1.807) is 0 Å². The van der Waals surface area contributed by atoms with E-state index in [0.717, 1.165) is 6.26 Å². The predicted molar refractivity (Wildman–Crippen MR) is 102 cm³/mol. The highest BCUT2D eigenvalue weighted by Gasteiger charge is 2.52. The van der Waals surface area contributed by atoms with Gasteiger partial charge in [0.15, 0.2) is 9.84 Å². The third kappa shape index (κ3) is 4.39. The molecule has 0 saturated carbocycles. The minimum atomic E-state index is -3.77. The van der Waals surface area contributed by atoms with Crippen LogP contribution < -0.4 is 5.46 Å². The van der Waals surface area contributed by atoms with Gasteiger partial charge in [-0.15, -0.1) is 0 Å². The van der Waals surface area contributed by atoms with Gasteiger partial charge in [-0.05, 0) is 45.3 Å². The summed E-state index contributed by atoms with van der Waals surface area (Å²) in [5, 5.41) is 0. The van der Waals surface area contributed by atoms with Crippen LogP contribution in [-0.2, 0) is 40.0 Å². The molecule has 0 N–H and O–H groups in total. The zero-order valence-electron chi connectivity index (χ0n) is 17.1. The molecule has 1 aromatic rings.